The molecule has 152 valence electrons. The standard InChI is InChI=1S/C22H25N3O4/c1-2-3-13-29-17-8-6-7-16(14-17)15-23-20(26)11-12-25-19-10-5-4-9-18(19)21(27)24-22(25)28/h4-10,14H,2-3,11-13,15H2,1H3,(H,23,26)(H,24,27,28). The summed E-state index contributed by atoms with van der Waals surface area (Å²) in [6.45, 7) is 3.35. The van der Waals surface area contributed by atoms with Crippen LogP contribution < -0.4 is 21.3 Å². The van der Waals surface area contributed by atoms with Crippen LogP contribution in [-0.2, 0) is 17.9 Å². The molecule has 1 heterocycles. The number of amides is 1. The average molecular weight is 395 g/mol. The zero-order chi connectivity index (χ0) is 20.6. The van der Waals surface area contributed by atoms with Gasteiger partial charge in [0.15, 0.2) is 0 Å². The fourth-order valence-electron chi connectivity index (χ4n) is 3.05. The van der Waals surface area contributed by atoms with Crippen molar-refractivity contribution in [3.8, 4) is 5.75 Å². The molecule has 0 radical (unpaired) electrons. The van der Waals surface area contributed by atoms with Gasteiger partial charge in [-0.05, 0) is 36.2 Å². The minimum atomic E-state index is -0.515. The zero-order valence-electron chi connectivity index (χ0n) is 16.4. The van der Waals surface area contributed by atoms with Crippen LogP contribution in [0.25, 0.3) is 10.9 Å². The third kappa shape index (κ3) is 5.34. The third-order valence-corrected chi connectivity index (χ3v) is 4.62. The van der Waals surface area contributed by atoms with Crippen molar-refractivity contribution in [1.29, 1.82) is 0 Å². The Bertz CT molecular complexity index is 1100. The molecule has 0 spiro atoms. The SMILES string of the molecule is CCCCOc1cccc(CNC(=O)CCn2c(=O)[nH]c(=O)c3ccccc32)c1. The number of nitrogens with one attached hydrogen (secondary N) is 2. The third-order valence-electron chi connectivity index (χ3n) is 4.62. The lowest BCUT2D eigenvalue weighted by atomic mass is 10.2. The molecule has 0 saturated carbocycles. The molecule has 0 bridgehead atoms. The first-order chi connectivity index (χ1) is 14.1. The van der Waals surface area contributed by atoms with E-state index >= 15 is 0 Å². The Morgan fingerprint density at radius 2 is 1.97 bits per heavy atom. The van der Waals surface area contributed by atoms with Crippen LogP contribution in [-0.4, -0.2) is 22.1 Å². The maximum absolute atomic E-state index is 12.3. The number of rotatable bonds is 9. The normalized spacial score (nSPS) is 10.8. The topological polar surface area (TPSA) is 93.2 Å². The van der Waals surface area contributed by atoms with Crippen molar-refractivity contribution in [2.24, 2.45) is 0 Å². The molecule has 3 rings (SSSR count). The van der Waals surface area contributed by atoms with Gasteiger partial charge in [-0.15, -0.1) is 0 Å². The zero-order valence-corrected chi connectivity index (χ0v) is 16.4. The summed E-state index contributed by atoms with van der Waals surface area (Å²) in [6, 6.07) is 14.5. The van der Waals surface area contributed by atoms with Gasteiger partial charge in [-0.1, -0.05) is 37.6 Å². The quantitative estimate of drug-likeness (QED) is 0.545. The van der Waals surface area contributed by atoms with E-state index in [1.807, 2.05) is 24.3 Å². The summed E-state index contributed by atoms with van der Waals surface area (Å²) >= 11 is 0. The summed E-state index contributed by atoms with van der Waals surface area (Å²) in [4.78, 5) is 38.6. The number of aryl methyl sites for hydroxylation is 1. The molecule has 3 aromatic rings. The molecule has 0 aliphatic heterocycles. The molecule has 2 aromatic carbocycles. The summed E-state index contributed by atoms with van der Waals surface area (Å²) in [5, 5.41) is 3.28. The van der Waals surface area contributed by atoms with E-state index in [4.69, 9.17) is 4.74 Å². The van der Waals surface area contributed by atoms with Gasteiger partial charge in [-0.25, -0.2) is 4.79 Å². The predicted molar refractivity (Wildman–Crippen MR) is 112 cm³/mol. The fraction of sp³-hybridized carbons (Fsp3) is 0.318. The Morgan fingerprint density at radius 1 is 1.14 bits per heavy atom. The summed E-state index contributed by atoms with van der Waals surface area (Å²) < 4.78 is 7.10. The van der Waals surface area contributed by atoms with Crippen LogP contribution in [0.2, 0.25) is 0 Å². The molecule has 0 atom stereocenters. The molecule has 0 fully saturated rings. The van der Waals surface area contributed by atoms with E-state index in [-0.39, 0.29) is 18.9 Å². The lowest BCUT2D eigenvalue weighted by molar-refractivity contribution is -0.121. The Hall–Kier alpha value is -3.35. The second kappa shape index (κ2) is 9.73. The highest BCUT2D eigenvalue weighted by Gasteiger charge is 2.09. The van der Waals surface area contributed by atoms with Crippen molar-refractivity contribution in [1.82, 2.24) is 14.9 Å². The van der Waals surface area contributed by atoms with E-state index in [0.29, 0.717) is 24.1 Å². The smallest absolute Gasteiger partial charge is 0.328 e. The van der Waals surface area contributed by atoms with E-state index in [9.17, 15) is 14.4 Å². The average Bonchev–Trinajstić information content (AvgIpc) is 2.72. The minimum absolute atomic E-state index is 0.128. The van der Waals surface area contributed by atoms with E-state index in [1.165, 1.54) is 4.57 Å². The summed E-state index contributed by atoms with van der Waals surface area (Å²) in [5.74, 6) is 0.612. The maximum Gasteiger partial charge on any atom is 0.328 e. The maximum atomic E-state index is 12.3. The molecule has 29 heavy (non-hydrogen) atoms. The monoisotopic (exact) mass is 395 g/mol. The van der Waals surface area contributed by atoms with Gasteiger partial charge in [0.1, 0.15) is 5.75 Å². The van der Waals surface area contributed by atoms with Gasteiger partial charge >= 0.3 is 5.69 Å². The number of carbonyl (C=O) groups is 1. The fourth-order valence-corrected chi connectivity index (χ4v) is 3.05. The number of nitrogens with zero attached hydrogens (tertiary/aromatic N) is 1. The summed E-state index contributed by atoms with van der Waals surface area (Å²) in [5.41, 5.74) is 0.524. The number of ether oxygens (including phenoxy) is 1. The van der Waals surface area contributed by atoms with Crippen molar-refractivity contribution in [2.75, 3.05) is 6.61 Å². The summed E-state index contributed by atoms with van der Waals surface area (Å²) in [7, 11) is 0. The number of benzene rings is 2. The Morgan fingerprint density at radius 3 is 2.79 bits per heavy atom. The minimum Gasteiger partial charge on any atom is -0.494 e. The van der Waals surface area contributed by atoms with Crippen LogP contribution in [0.4, 0.5) is 0 Å². The van der Waals surface area contributed by atoms with Gasteiger partial charge in [0, 0.05) is 19.5 Å². The number of fused-ring (bicyclic) bond motifs is 1. The molecular formula is C22H25N3O4. The van der Waals surface area contributed by atoms with Gasteiger partial charge < -0.3 is 10.1 Å². The number of hydrogen-bond acceptors (Lipinski definition) is 4. The molecule has 0 aliphatic rings. The van der Waals surface area contributed by atoms with Crippen molar-refractivity contribution >= 4 is 16.8 Å². The van der Waals surface area contributed by atoms with E-state index in [1.54, 1.807) is 24.3 Å². The lowest BCUT2D eigenvalue weighted by Gasteiger charge is -2.11. The molecule has 1 aromatic heterocycles. The molecule has 0 unspecified atom stereocenters. The van der Waals surface area contributed by atoms with Crippen LogP contribution in [0, 0.1) is 0 Å². The number of hydrogen-bond donors (Lipinski definition) is 2. The lowest BCUT2D eigenvalue weighted by Crippen LogP contribution is -2.32. The number of H-pyrrole nitrogens is 1. The molecule has 7 heteroatoms. The second-order valence-electron chi connectivity index (χ2n) is 6.80. The molecule has 0 saturated heterocycles. The number of para-hydroxylation sites is 1. The predicted octanol–water partition coefficient (Wildman–Crippen LogP) is 2.58. The highest BCUT2D eigenvalue weighted by atomic mass is 16.5. The van der Waals surface area contributed by atoms with E-state index in [2.05, 4.69) is 17.2 Å². The van der Waals surface area contributed by atoms with Crippen molar-refractivity contribution in [2.45, 2.75) is 39.3 Å². The molecule has 1 amide bonds. The first-order valence-electron chi connectivity index (χ1n) is 9.79. The van der Waals surface area contributed by atoms with Gasteiger partial charge in [0.05, 0.1) is 17.5 Å². The Labute approximate surface area is 168 Å². The number of unbranched alkanes of at least 4 members (excludes halogenated alkanes) is 1. The van der Waals surface area contributed by atoms with Gasteiger partial charge in [-0.2, -0.15) is 0 Å². The van der Waals surface area contributed by atoms with E-state index in [0.717, 1.165) is 24.2 Å². The van der Waals surface area contributed by atoms with Crippen molar-refractivity contribution in [3.05, 3.63) is 74.9 Å². The van der Waals surface area contributed by atoms with Gasteiger partial charge in [0.25, 0.3) is 5.56 Å². The number of aromatic amines is 1. The van der Waals surface area contributed by atoms with E-state index < -0.39 is 11.2 Å². The first-order valence-corrected chi connectivity index (χ1v) is 9.79. The molecule has 7 nitrogen and oxygen atoms in total. The Balaban J connectivity index is 1.59. The Kier molecular flexibility index (Phi) is 6.84. The second-order valence-corrected chi connectivity index (χ2v) is 6.80. The van der Waals surface area contributed by atoms with Crippen LogP contribution in [0.15, 0.2) is 58.1 Å². The van der Waals surface area contributed by atoms with Crippen molar-refractivity contribution < 1.29 is 9.53 Å². The van der Waals surface area contributed by atoms with Crippen LogP contribution in [0.5, 0.6) is 5.75 Å². The van der Waals surface area contributed by atoms with Crippen molar-refractivity contribution in [3.63, 3.8) is 0 Å². The highest BCUT2D eigenvalue weighted by molar-refractivity contribution is 5.78. The molecule has 0 aliphatic carbocycles. The first kappa shape index (κ1) is 20.4. The molecule has 2 N–H and O–H groups in total. The van der Waals surface area contributed by atoms with Crippen LogP contribution in [0.3, 0.4) is 0 Å². The molecular weight excluding hydrogens is 370 g/mol. The largest absolute Gasteiger partial charge is 0.494 e. The van der Waals surface area contributed by atoms with Gasteiger partial charge in [-0.3, -0.25) is 19.1 Å². The highest BCUT2D eigenvalue weighted by Crippen LogP contribution is 2.14. The van der Waals surface area contributed by atoms with Crippen LogP contribution in [0.1, 0.15) is 31.7 Å². The number of aromatic nitrogens is 2. The van der Waals surface area contributed by atoms with Gasteiger partial charge in [0.2, 0.25) is 5.91 Å². The number of carbonyl (C=O) groups excluding carboxylic acids is 1. The van der Waals surface area contributed by atoms with Crippen LogP contribution >= 0.6 is 0 Å². The summed E-state index contributed by atoms with van der Waals surface area (Å²) in [6.07, 6.45) is 2.20.